The predicted molar refractivity (Wildman–Crippen MR) is 105 cm³/mol. The monoisotopic (exact) mass is 349 g/mol. The third-order valence-corrected chi connectivity index (χ3v) is 4.74. The molecule has 0 heterocycles. The standard InChI is InChI=1S/C20H35N3O2/c1-5-20(6-2,12-14-24)16-23-19(21-7-3)22-13-15-25-18-10-8-17(4)9-11-18/h8-11,24H,5-7,12-16H2,1-4H3,(H2,21,22,23). The van der Waals surface area contributed by atoms with Crippen molar-refractivity contribution in [2.75, 3.05) is 32.8 Å². The fourth-order valence-electron chi connectivity index (χ4n) is 2.70. The summed E-state index contributed by atoms with van der Waals surface area (Å²) in [6, 6.07) is 8.07. The maximum atomic E-state index is 9.34. The van der Waals surface area contributed by atoms with Crippen molar-refractivity contribution < 1.29 is 9.84 Å². The van der Waals surface area contributed by atoms with E-state index in [9.17, 15) is 5.11 Å². The Hall–Kier alpha value is -1.75. The summed E-state index contributed by atoms with van der Waals surface area (Å²) < 4.78 is 5.74. The fraction of sp³-hybridized carbons (Fsp3) is 0.650. The van der Waals surface area contributed by atoms with Gasteiger partial charge >= 0.3 is 0 Å². The molecule has 5 nitrogen and oxygen atoms in total. The number of nitrogens with zero attached hydrogens (tertiary/aromatic N) is 1. The Morgan fingerprint density at radius 1 is 1.12 bits per heavy atom. The fourth-order valence-corrected chi connectivity index (χ4v) is 2.70. The van der Waals surface area contributed by atoms with Gasteiger partial charge in [0.2, 0.25) is 0 Å². The van der Waals surface area contributed by atoms with Crippen molar-refractivity contribution in [3.05, 3.63) is 29.8 Å². The summed E-state index contributed by atoms with van der Waals surface area (Å²) in [6.45, 7) is 11.5. The van der Waals surface area contributed by atoms with Gasteiger partial charge in [-0.05, 0) is 50.7 Å². The Morgan fingerprint density at radius 3 is 2.36 bits per heavy atom. The first-order chi connectivity index (χ1) is 12.1. The zero-order valence-electron chi connectivity index (χ0n) is 16.3. The van der Waals surface area contributed by atoms with Crippen LogP contribution in [0.5, 0.6) is 5.75 Å². The molecule has 3 N–H and O–H groups in total. The Balaban J connectivity index is 2.50. The number of rotatable bonds is 11. The first-order valence-corrected chi connectivity index (χ1v) is 9.41. The van der Waals surface area contributed by atoms with Crippen LogP contribution in [0, 0.1) is 12.3 Å². The van der Waals surface area contributed by atoms with Gasteiger partial charge in [0.15, 0.2) is 5.96 Å². The molecule has 142 valence electrons. The number of nitrogens with one attached hydrogen (secondary N) is 2. The first kappa shape index (κ1) is 21.3. The minimum absolute atomic E-state index is 0.0789. The zero-order chi connectivity index (χ0) is 18.5. The molecule has 0 atom stereocenters. The normalized spacial score (nSPS) is 12.1. The first-order valence-electron chi connectivity index (χ1n) is 9.41. The number of aliphatic hydroxyl groups is 1. The molecule has 1 aromatic carbocycles. The van der Waals surface area contributed by atoms with Crippen LogP contribution in [0.25, 0.3) is 0 Å². The van der Waals surface area contributed by atoms with Gasteiger partial charge < -0.3 is 20.5 Å². The van der Waals surface area contributed by atoms with Crippen molar-refractivity contribution in [1.82, 2.24) is 10.6 Å². The number of ether oxygens (including phenoxy) is 1. The highest BCUT2D eigenvalue weighted by Gasteiger charge is 2.25. The molecule has 0 aliphatic carbocycles. The van der Waals surface area contributed by atoms with Gasteiger partial charge in [0.1, 0.15) is 12.4 Å². The van der Waals surface area contributed by atoms with Crippen LogP contribution in [-0.4, -0.2) is 43.9 Å². The van der Waals surface area contributed by atoms with Gasteiger partial charge in [-0.1, -0.05) is 31.5 Å². The maximum absolute atomic E-state index is 9.34. The lowest BCUT2D eigenvalue weighted by atomic mass is 9.79. The molecule has 1 aromatic rings. The van der Waals surface area contributed by atoms with Crippen LogP contribution in [-0.2, 0) is 0 Å². The number of benzene rings is 1. The molecule has 0 fully saturated rings. The lowest BCUT2D eigenvalue weighted by molar-refractivity contribution is 0.175. The average Bonchev–Trinajstić information content (AvgIpc) is 2.63. The van der Waals surface area contributed by atoms with Gasteiger partial charge in [0.05, 0.1) is 6.54 Å². The van der Waals surface area contributed by atoms with E-state index in [-0.39, 0.29) is 12.0 Å². The van der Waals surface area contributed by atoms with Gasteiger partial charge in [-0.15, -0.1) is 0 Å². The van der Waals surface area contributed by atoms with Crippen molar-refractivity contribution in [2.24, 2.45) is 10.4 Å². The van der Waals surface area contributed by atoms with E-state index < -0.39 is 0 Å². The lowest BCUT2D eigenvalue weighted by Gasteiger charge is -2.29. The second kappa shape index (κ2) is 11.7. The van der Waals surface area contributed by atoms with E-state index in [2.05, 4.69) is 38.3 Å². The summed E-state index contributed by atoms with van der Waals surface area (Å²) >= 11 is 0. The van der Waals surface area contributed by atoms with Gasteiger partial charge in [0, 0.05) is 19.7 Å². The summed E-state index contributed by atoms with van der Waals surface area (Å²) in [5, 5.41) is 15.9. The van der Waals surface area contributed by atoms with Gasteiger partial charge in [-0.25, -0.2) is 0 Å². The number of hydrogen-bond acceptors (Lipinski definition) is 3. The second-order valence-electron chi connectivity index (χ2n) is 6.46. The van der Waals surface area contributed by atoms with Crippen molar-refractivity contribution in [3.63, 3.8) is 0 Å². The van der Waals surface area contributed by atoms with E-state index in [1.165, 1.54) is 5.56 Å². The Labute approximate surface area is 152 Å². The van der Waals surface area contributed by atoms with Crippen molar-refractivity contribution in [2.45, 2.75) is 47.0 Å². The third-order valence-electron chi connectivity index (χ3n) is 4.74. The molecule has 0 aliphatic heterocycles. The topological polar surface area (TPSA) is 65.9 Å². The highest BCUT2D eigenvalue weighted by molar-refractivity contribution is 5.79. The highest BCUT2D eigenvalue weighted by Crippen LogP contribution is 2.30. The molecule has 0 bridgehead atoms. The van der Waals surface area contributed by atoms with E-state index in [0.717, 1.165) is 37.5 Å². The van der Waals surface area contributed by atoms with E-state index in [0.29, 0.717) is 19.7 Å². The van der Waals surface area contributed by atoms with Crippen molar-refractivity contribution in [1.29, 1.82) is 0 Å². The quantitative estimate of drug-likeness (QED) is 0.326. The molecule has 25 heavy (non-hydrogen) atoms. The maximum Gasteiger partial charge on any atom is 0.191 e. The minimum Gasteiger partial charge on any atom is -0.492 e. The molecule has 0 saturated carbocycles. The van der Waals surface area contributed by atoms with Crippen LogP contribution in [0.2, 0.25) is 0 Å². The van der Waals surface area contributed by atoms with Crippen LogP contribution in [0.15, 0.2) is 29.3 Å². The lowest BCUT2D eigenvalue weighted by Crippen LogP contribution is -2.40. The molecule has 0 spiro atoms. The third kappa shape index (κ3) is 7.78. The number of guanidine groups is 1. The van der Waals surface area contributed by atoms with Crippen LogP contribution >= 0.6 is 0 Å². The predicted octanol–water partition coefficient (Wildman–Crippen LogP) is 3.12. The van der Waals surface area contributed by atoms with E-state index in [1.54, 1.807) is 0 Å². The Bertz CT molecular complexity index is 496. The van der Waals surface area contributed by atoms with E-state index >= 15 is 0 Å². The number of aliphatic imine (C=N–C) groups is 1. The van der Waals surface area contributed by atoms with Crippen LogP contribution in [0.4, 0.5) is 0 Å². The summed E-state index contributed by atoms with van der Waals surface area (Å²) in [7, 11) is 0. The molecule has 1 rings (SSSR count). The van der Waals surface area contributed by atoms with Crippen molar-refractivity contribution in [3.8, 4) is 5.75 Å². The highest BCUT2D eigenvalue weighted by atomic mass is 16.5. The average molecular weight is 350 g/mol. The molecule has 0 aromatic heterocycles. The Kier molecular flexibility index (Phi) is 10.0. The molecular formula is C20H35N3O2. The van der Waals surface area contributed by atoms with Gasteiger partial charge in [-0.3, -0.25) is 4.99 Å². The van der Waals surface area contributed by atoms with Crippen LogP contribution in [0.3, 0.4) is 0 Å². The summed E-state index contributed by atoms with van der Waals surface area (Å²) in [5.41, 5.74) is 1.31. The molecule has 5 heteroatoms. The van der Waals surface area contributed by atoms with Crippen LogP contribution < -0.4 is 15.4 Å². The SMILES string of the molecule is CCNC(=NCC(CC)(CC)CCO)NCCOc1ccc(C)cc1. The van der Waals surface area contributed by atoms with Gasteiger partial charge in [-0.2, -0.15) is 0 Å². The number of aliphatic hydroxyl groups excluding tert-OH is 1. The minimum atomic E-state index is 0.0789. The number of hydrogen-bond donors (Lipinski definition) is 3. The smallest absolute Gasteiger partial charge is 0.191 e. The molecule has 0 aliphatic rings. The summed E-state index contributed by atoms with van der Waals surface area (Å²) in [6.07, 6.45) is 2.83. The Morgan fingerprint density at radius 2 is 1.80 bits per heavy atom. The molecule has 0 unspecified atom stereocenters. The number of aryl methyl sites for hydroxylation is 1. The summed E-state index contributed by atoms with van der Waals surface area (Å²) in [5.74, 6) is 1.69. The van der Waals surface area contributed by atoms with E-state index in [1.807, 2.05) is 24.3 Å². The molecular weight excluding hydrogens is 314 g/mol. The molecule has 0 radical (unpaired) electrons. The van der Waals surface area contributed by atoms with E-state index in [4.69, 9.17) is 9.73 Å². The van der Waals surface area contributed by atoms with Crippen LogP contribution in [0.1, 0.15) is 45.6 Å². The zero-order valence-corrected chi connectivity index (χ0v) is 16.3. The van der Waals surface area contributed by atoms with Crippen molar-refractivity contribution >= 4 is 5.96 Å². The van der Waals surface area contributed by atoms with Gasteiger partial charge in [0.25, 0.3) is 0 Å². The second-order valence-corrected chi connectivity index (χ2v) is 6.46. The molecule has 0 saturated heterocycles. The largest absolute Gasteiger partial charge is 0.492 e. The molecule has 0 amide bonds. The summed E-state index contributed by atoms with van der Waals surface area (Å²) in [4.78, 5) is 4.73.